The molecule has 1 saturated heterocycles. The predicted octanol–water partition coefficient (Wildman–Crippen LogP) is 8.42. The van der Waals surface area contributed by atoms with Crippen molar-refractivity contribution in [1.29, 1.82) is 0 Å². The smallest absolute Gasteiger partial charge is 0.258 e. The molecule has 0 N–H and O–H groups in total. The van der Waals surface area contributed by atoms with Gasteiger partial charge in [0.05, 0.1) is 33.5 Å². The zero-order chi connectivity index (χ0) is 32.1. The number of amides is 1. The standard InChI is InChI=1S/C35H37Cl2N3O4S/c1-39(35(41)33-28-10-5-4-8-25(28)21-31(38-42)34(33)44-2)22-26(24-12-13-29(36)30(37)20-24)16-19-40-17-14-23(15-18-40)27-9-6-7-11-32(27)45(3)43/h4-13,20-21,23,26H,14-19,22H2,1-3H3/t26-,45-/m1/s1. The number of benzene rings is 4. The Morgan fingerprint density at radius 1 is 1.04 bits per heavy atom. The molecule has 1 aliphatic heterocycles. The van der Waals surface area contributed by atoms with Crippen LogP contribution in [0, 0.1) is 4.91 Å². The van der Waals surface area contributed by atoms with Crippen molar-refractivity contribution in [3.8, 4) is 5.75 Å². The molecule has 0 aliphatic carbocycles. The molecular weight excluding hydrogens is 629 g/mol. The van der Waals surface area contributed by atoms with Gasteiger partial charge in [-0.2, -0.15) is 0 Å². The Kier molecular flexibility index (Phi) is 10.9. The molecule has 1 aliphatic rings. The fourth-order valence-electron chi connectivity index (χ4n) is 6.42. The highest BCUT2D eigenvalue weighted by Gasteiger charge is 2.28. The normalized spacial score (nSPS) is 15.5. The fraction of sp³-hybridized carbons (Fsp3) is 0.343. The van der Waals surface area contributed by atoms with Crippen molar-refractivity contribution in [3.63, 3.8) is 0 Å². The molecule has 0 radical (unpaired) electrons. The number of halogens is 2. The number of rotatable bonds is 11. The highest BCUT2D eigenvalue weighted by Crippen LogP contribution is 2.39. The van der Waals surface area contributed by atoms with Crippen LogP contribution in [0.4, 0.5) is 5.69 Å². The number of hydrogen-bond acceptors (Lipinski definition) is 6. The van der Waals surface area contributed by atoms with Crippen LogP contribution in [0.2, 0.25) is 10.0 Å². The molecule has 236 valence electrons. The topological polar surface area (TPSA) is 79.3 Å². The number of likely N-dealkylation sites (N-methyl/N-ethyl adjacent to an activating group) is 1. The first-order valence-electron chi connectivity index (χ1n) is 15.0. The molecule has 5 rings (SSSR count). The number of carbonyl (C=O) groups is 1. The Labute approximate surface area is 276 Å². The molecule has 45 heavy (non-hydrogen) atoms. The summed E-state index contributed by atoms with van der Waals surface area (Å²) in [6.45, 7) is 3.14. The molecule has 4 aromatic carbocycles. The summed E-state index contributed by atoms with van der Waals surface area (Å²) in [4.78, 5) is 30.8. The maximum absolute atomic E-state index is 14.1. The summed E-state index contributed by atoms with van der Waals surface area (Å²) >= 11 is 12.7. The first kappa shape index (κ1) is 33.1. The van der Waals surface area contributed by atoms with Crippen molar-refractivity contribution in [2.45, 2.75) is 36.0 Å². The molecule has 4 aromatic rings. The summed E-state index contributed by atoms with van der Waals surface area (Å²) in [5, 5.41) is 5.53. The van der Waals surface area contributed by atoms with E-state index in [1.165, 1.54) is 12.7 Å². The molecule has 0 bridgehead atoms. The van der Waals surface area contributed by atoms with Gasteiger partial charge in [0, 0.05) is 30.7 Å². The van der Waals surface area contributed by atoms with Crippen LogP contribution in [-0.4, -0.2) is 66.5 Å². The molecule has 1 amide bonds. The number of nitroso groups, excluding NO2 is 1. The number of methoxy groups -OCH3 is 1. The molecule has 1 heterocycles. The Bertz CT molecular complexity index is 1720. The molecule has 10 heteroatoms. The molecule has 7 nitrogen and oxygen atoms in total. The lowest BCUT2D eigenvalue weighted by Crippen LogP contribution is -2.36. The predicted molar refractivity (Wildman–Crippen MR) is 184 cm³/mol. The van der Waals surface area contributed by atoms with Gasteiger partial charge in [0.1, 0.15) is 0 Å². The van der Waals surface area contributed by atoms with Gasteiger partial charge in [-0.3, -0.25) is 9.00 Å². The van der Waals surface area contributed by atoms with E-state index >= 15 is 0 Å². The van der Waals surface area contributed by atoms with Crippen molar-refractivity contribution < 1.29 is 13.7 Å². The maximum Gasteiger partial charge on any atom is 0.258 e. The maximum atomic E-state index is 14.1. The van der Waals surface area contributed by atoms with E-state index in [9.17, 15) is 13.9 Å². The van der Waals surface area contributed by atoms with Crippen LogP contribution in [0.15, 0.2) is 82.9 Å². The van der Waals surface area contributed by atoms with Gasteiger partial charge in [-0.15, -0.1) is 4.91 Å². The van der Waals surface area contributed by atoms with Crippen molar-refractivity contribution in [2.75, 3.05) is 46.6 Å². The molecule has 1 fully saturated rings. The number of carbonyl (C=O) groups excluding carboxylic acids is 1. The third-order valence-electron chi connectivity index (χ3n) is 8.80. The first-order valence-corrected chi connectivity index (χ1v) is 17.3. The molecule has 0 saturated carbocycles. The Morgan fingerprint density at radius 2 is 1.76 bits per heavy atom. The summed E-state index contributed by atoms with van der Waals surface area (Å²) in [5.41, 5.74) is 2.60. The van der Waals surface area contributed by atoms with E-state index in [0.29, 0.717) is 33.5 Å². The van der Waals surface area contributed by atoms with Crippen LogP contribution in [0.25, 0.3) is 10.8 Å². The zero-order valence-corrected chi connectivity index (χ0v) is 28.0. The van der Waals surface area contributed by atoms with Gasteiger partial charge in [0.15, 0.2) is 11.4 Å². The summed E-state index contributed by atoms with van der Waals surface area (Å²) in [7, 11) is 2.19. The molecule has 2 atom stereocenters. The van der Waals surface area contributed by atoms with Crippen LogP contribution in [0.1, 0.15) is 52.6 Å². The van der Waals surface area contributed by atoms with E-state index in [2.05, 4.69) is 16.1 Å². The summed E-state index contributed by atoms with van der Waals surface area (Å²) in [5.74, 6) is 0.270. The van der Waals surface area contributed by atoms with Crippen molar-refractivity contribution >= 4 is 56.4 Å². The number of hydrogen-bond donors (Lipinski definition) is 0. The first-order chi connectivity index (χ1) is 21.7. The molecule has 0 spiro atoms. The largest absolute Gasteiger partial charge is 0.493 e. The van der Waals surface area contributed by atoms with Crippen molar-refractivity contribution in [3.05, 3.63) is 104 Å². The summed E-state index contributed by atoms with van der Waals surface area (Å²) in [6, 6.07) is 22.8. The Hall–Kier alpha value is -3.30. The second-order valence-corrected chi connectivity index (χ2v) is 13.7. The van der Waals surface area contributed by atoms with Crippen LogP contribution in [0.5, 0.6) is 5.75 Å². The SMILES string of the molecule is COc1c(N=O)cc2ccccc2c1C(=O)N(C)C[C@@H](CCN1CCC(c2ccccc2[S@@](C)=O)CC1)c1ccc(Cl)c(Cl)c1. The zero-order valence-electron chi connectivity index (χ0n) is 25.7. The van der Waals surface area contributed by atoms with Gasteiger partial charge in [-0.25, -0.2) is 0 Å². The Morgan fingerprint density at radius 3 is 2.44 bits per heavy atom. The van der Waals surface area contributed by atoms with E-state index in [0.717, 1.165) is 54.7 Å². The average molecular weight is 667 g/mol. The number of piperidine rings is 1. The van der Waals surface area contributed by atoms with Gasteiger partial charge >= 0.3 is 0 Å². The van der Waals surface area contributed by atoms with Crippen LogP contribution in [0.3, 0.4) is 0 Å². The van der Waals surface area contributed by atoms with E-state index in [4.69, 9.17) is 27.9 Å². The molecule has 0 unspecified atom stereocenters. The minimum atomic E-state index is -1.02. The second-order valence-electron chi connectivity index (χ2n) is 11.6. The van der Waals surface area contributed by atoms with Gasteiger partial charge in [0.2, 0.25) is 0 Å². The lowest BCUT2D eigenvalue weighted by molar-refractivity contribution is 0.0780. The minimum absolute atomic E-state index is 0.0284. The lowest BCUT2D eigenvalue weighted by Gasteiger charge is -2.34. The monoisotopic (exact) mass is 665 g/mol. The third kappa shape index (κ3) is 7.41. The van der Waals surface area contributed by atoms with Gasteiger partial charge in [-0.1, -0.05) is 71.7 Å². The average Bonchev–Trinajstić information content (AvgIpc) is 3.06. The van der Waals surface area contributed by atoms with Crippen molar-refractivity contribution in [2.24, 2.45) is 5.18 Å². The van der Waals surface area contributed by atoms with E-state index in [-0.39, 0.29) is 23.3 Å². The van der Waals surface area contributed by atoms with Gasteiger partial charge in [0.25, 0.3) is 5.91 Å². The summed E-state index contributed by atoms with van der Waals surface area (Å²) < 4.78 is 17.9. The second kappa shape index (κ2) is 14.9. The van der Waals surface area contributed by atoms with Crippen LogP contribution in [-0.2, 0) is 10.8 Å². The lowest BCUT2D eigenvalue weighted by atomic mass is 9.88. The summed E-state index contributed by atoms with van der Waals surface area (Å²) in [6.07, 6.45) is 4.53. The number of likely N-dealkylation sites (tertiary alicyclic amines) is 1. The van der Waals surface area contributed by atoms with E-state index in [1.54, 1.807) is 30.3 Å². The van der Waals surface area contributed by atoms with Crippen LogP contribution >= 0.6 is 23.2 Å². The molecular formula is C35H37Cl2N3O4S. The van der Waals surface area contributed by atoms with E-state index < -0.39 is 10.8 Å². The number of ether oxygens (including phenoxy) is 1. The van der Waals surface area contributed by atoms with Crippen LogP contribution < -0.4 is 4.74 Å². The van der Waals surface area contributed by atoms with E-state index in [1.807, 2.05) is 54.6 Å². The van der Waals surface area contributed by atoms with Gasteiger partial charge in [-0.05, 0) is 96.2 Å². The highest BCUT2D eigenvalue weighted by molar-refractivity contribution is 7.84. The Balaban J connectivity index is 1.34. The van der Waals surface area contributed by atoms with Crippen molar-refractivity contribution in [1.82, 2.24) is 9.80 Å². The quantitative estimate of drug-likeness (QED) is 0.150. The highest BCUT2D eigenvalue weighted by atomic mass is 35.5. The third-order valence-corrected chi connectivity index (χ3v) is 10.5. The fourth-order valence-corrected chi connectivity index (χ4v) is 7.56. The molecule has 0 aromatic heterocycles. The minimum Gasteiger partial charge on any atom is -0.493 e. The number of nitrogens with zero attached hydrogens (tertiary/aromatic N) is 3. The number of fused-ring (bicyclic) bond motifs is 1. The van der Waals surface area contributed by atoms with Gasteiger partial charge < -0.3 is 14.5 Å².